The molecule has 1 heterocycles. The van der Waals surface area contributed by atoms with Crippen LogP contribution in [0.2, 0.25) is 0 Å². The van der Waals surface area contributed by atoms with Gasteiger partial charge in [0, 0.05) is 6.26 Å². The molecule has 6 nitrogen and oxygen atoms in total. The van der Waals surface area contributed by atoms with Crippen LogP contribution >= 0.6 is 0 Å². The molecule has 1 N–H and O–H groups in total. The highest BCUT2D eigenvalue weighted by molar-refractivity contribution is 7.89. The molecule has 3 aromatic rings. The fourth-order valence-electron chi connectivity index (χ4n) is 2.70. The summed E-state index contributed by atoms with van der Waals surface area (Å²) >= 11 is 0. The highest BCUT2D eigenvalue weighted by Gasteiger charge is 2.09. The van der Waals surface area contributed by atoms with Gasteiger partial charge in [-0.3, -0.25) is 14.3 Å². The Morgan fingerprint density at radius 1 is 1.00 bits per heavy atom. The van der Waals surface area contributed by atoms with Crippen LogP contribution in [0.25, 0.3) is 10.9 Å². The molecule has 1 aromatic heterocycles. The number of aromatic amines is 1. The van der Waals surface area contributed by atoms with Crippen molar-refractivity contribution in [1.82, 2.24) is 9.55 Å². The quantitative estimate of drug-likeness (QED) is 0.772. The predicted octanol–water partition coefficient (Wildman–Crippen LogP) is 1.28. The average Bonchev–Trinajstić information content (AvgIpc) is 2.50. The van der Waals surface area contributed by atoms with Crippen molar-refractivity contribution in [1.29, 1.82) is 0 Å². The van der Waals surface area contributed by atoms with Gasteiger partial charge in [0.25, 0.3) is 5.56 Å². The molecule has 24 heavy (non-hydrogen) atoms. The highest BCUT2D eigenvalue weighted by Crippen LogP contribution is 2.12. The minimum absolute atomic E-state index is 0.0535. The molecular weight excluding hydrogens is 328 g/mol. The first kappa shape index (κ1) is 16.2. The second kappa shape index (κ2) is 6.09. The summed E-state index contributed by atoms with van der Waals surface area (Å²) in [6.45, 7) is 0.244. The fourth-order valence-corrected chi connectivity index (χ4v) is 3.49. The molecule has 0 aliphatic rings. The first-order valence-corrected chi connectivity index (χ1v) is 9.37. The summed E-state index contributed by atoms with van der Waals surface area (Å²) in [5.74, 6) is -0.0535. The maximum Gasteiger partial charge on any atom is 0.329 e. The smallest absolute Gasteiger partial charge is 0.289 e. The summed E-state index contributed by atoms with van der Waals surface area (Å²) < 4.78 is 24.4. The van der Waals surface area contributed by atoms with E-state index in [0.29, 0.717) is 16.5 Å². The van der Waals surface area contributed by atoms with Gasteiger partial charge in [0.15, 0.2) is 9.84 Å². The molecule has 0 amide bonds. The molecule has 2 aromatic carbocycles. The Hall–Kier alpha value is -2.67. The summed E-state index contributed by atoms with van der Waals surface area (Å²) in [6, 6.07) is 13.9. The average molecular weight is 344 g/mol. The van der Waals surface area contributed by atoms with Gasteiger partial charge in [-0.1, -0.05) is 36.4 Å². The Morgan fingerprint density at radius 2 is 1.71 bits per heavy atom. The van der Waals surface area contributed by atoms with Crippen LogP contribution in [0.1, 0.15) is 11.1 Å². The van der Waals surface area contributed by atoms with Crippen molar-refractivity contribution >= 4 is 20.7 Å². The monoisotopic (exact) mass is 344 g/mol. The van der Waals surface area contributed by atoms with Crippen LogP contribution in [0.15, 0.2) is 58.1 Å². The molecule has 0 fully saturated rings. The van der Waals surface area contributed by atoms with E-state index < -0.39 is 21.1 Å². The second-order valence-electron chi connectivity index (χ2n) is 5.75. The van der Waals surface area contributed by atoms with Gasteiger partial charge in [-0.2, -0.15) is 0 Å². The van der Waals surface area contributed by atoms with Gasteiger partial charge in [-0.15, -0.1) is 0 Å². The van der Waals surface area contributed by atoms with Crippen LogP contribution < -0.4 is 11.2 Å². The first-order chi connectivity index (χ1) is 11.3. The summed E-state index contributed by atoms with van der Waals surface area (Å²) in [7, 11) is -3.13. The van der Waals surface area contributed by atoms with Gasteiger partial charge < -0.3 is 0 Å². The second-order valence-corrected chi connectivity index (χ2v) is 7.89. The minimum atomic E-state index is -3.13. The number of sulfone groups is 1. The summed E-state index contributed by atoms with van der Waals surface area (Å²) in [5, 5.41) is 0.435. The number of nitrogens with one attached hydrogen (secondary N) is 1. The number of para-hydroxylation sites is 1. The molecule has 0 aliphatic carbocycles. The van der Waals surface area contributed by atoms with Gasteiger partial charge in [0.1, 0.15) is 0 Å². The van der Waals surface area contributed by atoms with Crippen molar-refractivity contribution in [2.45, 2.75) is 12.3 Å². The van der Waals surface area contributed by atoms with E-state index in [1.807, 2.05) is 6.07 Å². The zero-order valence-electron chi connectivity index (χ0n) is 13.0. The van der Waals surface area contributed by atoms with E-state index in [9.17, 15) is 18.0 Å². The van der Waals surface area contributed by atoms with Gasteiger partial charge in [0.05, 0.1) is 23.2 Å². The van der Waals surface area contributed by atoms with Crippen molar-refractivity contribution in [3.63, 3.8) is 0 Å². The molecule has 7 heteroatoms. The third-order valence-corrected chi connectivity index (χ3v) is 4.52. The van der Waals surface area contributed by atoms with E-state index in [2.05, 4.69) is 4.98 Å². The van der Waals surface area contributed by atoms with Crippen LogP contribution in [-0.2, 0) is 22.1 Å². The van der Waals surface area contributed by atoms with E-state index in [-0.39, 0.29) is 12.3 Å². The molecule has 0 atom stereocenters. The highest BCUT2D eigenvalue weighted by atomic mass is 32.2. The number of fused-ring (bicyclic) bond motifs is 1. The lowest BCUT2D eigenvalue weighted by Crippen LogP contribution is -2.30. The molecule has 0 spiro atoms. The molecule has 0 saturated carbocycles. The maximum absolute atomic E-state index is 12.2. The zero-order chi connectivity index (χ0) is 17.3. The van der Waals surface area contributed by atoms with Crippen molar-refractivity contribution in [2.24, 2.45) is 0 Å². The Balaban J connectivity index is 2.07. The molecule has 3 rings (SSSR count). The van der Waals surface area contributed by atoms with Crippen LogP contribution in [-0.4, -0.2) is 24.2 Å². The van der Waals surface area contributed by atoms with Crippen molar-refractivity contribution in [2.75, 3.05) is 6.26 Å². The number of hydrogen-bond acceptors (Lipinski definition) is 4. The molecule has 0 radical (unpaired) electrons. The summed E-state index contributed by atoms with van der Waals surface area (Å²) in [5.41, 5.74) is 1.08. The van der Waals surface area contributed by atoms with Crippen molar-refractivity contribution < 1.29 is 8.42 Å². The molecule has 0 saturated heterocycles. The number of rotatable bonds is 4. The number of hydrogen-bond donors (Lipinski definition) is 1. The largest absolute Gasteiger partial charge is 0.329 e. The van der Waals surface area contributed by atoms with Crippen LogP contribution in [0, 0.1) is 0 Å². The molecule has 124 valence electrons. The zero-order valence-corrected chi connectivity index (χ0v) is 13.8. The van der Waals surface area contributed by atoms with Gasteiger partial charge >= 0.3 is 5.69 Å². The number of nitrogens with zero attached hydrogens (tertiary/aromatic N) is 1. The van der Waals surface area contributed by atoms with E-state index in [1.54, 1.807) is 42.5 Å². The fraction of sp³-hybridized carbons (Fsp3) is 0.176. The predicted molar refractivity (Wildman–Crippen MR) is 92.9 cm³/mol. The van der Waals surface area contributed by atoms with Crippen LogP contribution in [0.3, 0.4) is 0 Å². The van der Waals surface area contributed by atoms with Crippen molar-refractivity contribution in [3.05, 3.63) is 80.5 Å². The number of aromatic nitrogens is 2. The van der Waals surface area contributed by atoms with Crippen molar-refractivity contribution in [3.8, 4) is 0 Å². The normalized spacial score (nSPS) is 11.7. The Labute approximate surface area is 138 Å². The lowest BCUT2D eigenvalue weighted by atomic mass is 10.1. The Morgan fingerprint density at radius 3 is 2.46 bits per heavy atom. The van der Waals surface area contributed by atoms with E-state index >= 15 is 0 Å². The van der Waals surface area contributed by atoms with Crippen LogP contribution in [0.5, 0.6) is 0 Å². The lowest BCUT2D eigenvalue weighted by molar-refractivity contribution is 0.601. The van der Waals surface area contributed by atoms with Crippen LogP contribution in [0.4, 0.5) is 0 Å². The molecular formula is C17H16N2O4S. The summed E-state index contributed by atoms with van der Waals surface area (Å²) in [6.07, 6.45) is 1.18. The molecule has 0 unspecified atom stereocenters. The first-order valence-electron chi connectivity index (χ1n) is 7.31. The van der Waals surface area contributed by atoms with E-state index in [1.165, 1.54) is 10.8 Å². The molecule has 0 aliphatic heterocycles. The third kappa shape index (κ3) is 3.46. The summed E-state index contributed by atoms with van der Waals surface area (Å²) in [4.78, 5) is 26.4. The van der Waals surface area contributed by atoms with Gasteiger partial charge in [-0.25, -0.2) is 13.2 Å². The molecule has 0 bridgehead atoms. The number of H-pyrrole nitrogens is 1. The topological polar surface area (TPSA) is 89.0 Å². The Bertz CT molecular complexity index is 1130. The van der Waals surface area contributed by atoms with Gasteiger partial charge in [0.2, 0.25) is 0 Å². The minimum Gasteiger partial charge on any atom is -0.289 e. The third-order valence-electron chi connectivity index (χ3n) is 3.67. The SMILES string of the molecule is CS(=O)(=O)Cc1cccc(Cn2c(=O)[nH]c(=O)c3ccccc32)c1. The van der Waals surface area contributed by atoms with E-state index in [4.69, 9.17) is 0 Å². The lowest BCUT2D eigenvalue weighted by Gasteiger charge is -2.10. The van der Waals surface area contributed by atoms with E-state index in [0.717, 1.165) is 5.56 Å². The Kier molecular flexibility index (Phi) is 4.11. The van der Waals surface area contributed by atoms with Gasteiger partial charge in [-0.05, 0) is 23.3 Å². The standard InChI is InChI=1S/C17H16N2O4S/c1-24(22,23)11-13-6-4-5-12(9-13)10-19-15-8-3-2-7-14(15)16(20)18-17(19)21/h2-9H,10-11H2,1H3,(H,18,20,21). The number of benzene rings is 2. The maximum atomic E-state index is 12.2.